The fourth-order valence-corrected chi connectivity index (χ4v) is 1.40. The summed E-state index contributed by atoms with van der Waals surface area (Å²) in [5, 5.41) is 3.07. The van der Waals surface area contributed by atoms with Gasteiger partial charge in [-0.15, -0.1) is 0 Å². The summed E-state index contributed by atoms with van der Waals surface area (Å²) in [6.45, 7) is 0. The molecule has 0 aliphatic rings. The lowest BCUT2D eigenvalue weighted by Gasteiger charge is -2.02. The molecule has 4 heteroatoms. The van der Waals surface area contributed by atoms with E-state index in [1.807, 2.05) is 0 Å². The number of hydrogen-bond acceptors (Lipinski definition) is 1. The second kappa shape index (κ2) is 3.92. The van der Waals surface area contributed by atoms with E-state index in [-0.39, 0.29) is 5.91 Å². The second-order valence-corrected chi connectivity index (χ2v) is 3.49. The molecule has 0 radical (unpaired) electrons. The normalized spacial score (nSPS) is 9.58. The number of carbonyl (C=O) groups is 1. The third-order valence-corrected chi connectivity index (χ3v) is 2.33. The molecule has 0 spiro atoms. The van der Waals surface area contributed by atoms with Gasteiger partial charge in [0.2, 0.25) is 0 Å². The van der Waals surface area contributed by atoms with Crippen LogP contribution in [-0.4, -0.2) is 13.0 Å². The molecule has 0 saturated heterocycles. The summed E-state index contributed by atoms with van der Waals surface area (Å²) >= 11 is 8.97. The van der Waals surface area contributed by atoms with Crippen molar-refractivity contribution in [3.63, 3.8) is 0 Å². The number of amides is 1. The summed E-state index contributed by atoms with van der Waals surface area (Å²) < 4.78 is 0.742. The van der Waals surface area contributed by atoms with Crippen molar-refractivity contribution in [1.29, 1.82) is 0 Å². The Labute approximate surface area is 84.0 Å². The van der Waals surface area contributed by atoms with Crippen molar-refractivity contribution in [2.45, 2.75) is 0 Å². The maximum atomic E-state index is 11.2. The van der Waals surface area contributed by atoms with Gasteiger partial charge in [0.15, 0.2) is 0 Å². The summed E-state index contributed by atoms with van der Waals surface area (Å²) in [5.74, 6) is -0.149. The molecule has 1 amide bonds. The SMILES string of the molecule is CNC(=O)c1cc(Cl)ccc1Br. The number of hydrogen-bond donors (Lipinski definition) is 1. The molecule has 1 N–H and O–H groups in total. The van der Waals surface area contributed by atoms with Crippen molar-refractivity contribution in [2.75, 3.05) is 7.05 Å². The fourth-order valence-electron chi connectivity index (χ4n) is 0.806. The highest BCUT2D eigenvalue weighted by molar-refractivity contribution is 9.10. The smallest absolute Gasteiger partial charge is 0.252 e. The predicted molar refractivity (Wildman–Crippen MR) is 52.5 cm³/mol. The Kier molecular flexibility index (Phi) is 3.12. The van der Waals surface area contributed by atoms with E-state index >= 15 is 0 Å². The second-order valence-electron chi connectivity index (χ2n) is 2.20. The zero-order chi connectivity index (χ0) is 9.14. The number of benzene rings is 1. The van der Waals surface area contributed by atoms with Crippen LogP contribution >= 0.6 is 27.5 Å². The summed E-state index contributed by atoms with van der Waals surface area (Å²) in [5.41, 5.74) is 0.546. The lowest BCUT2D eigenvalue weighted by Crippen LogP contribution is -2.18. The highest BCUT2D eigenvalue weighted by Crippen LogP contribution is 2.20. The van der Waals surface area contributed by atoms with Gasteiger partial charge in [0.1, 0.15) is 0 Å². The van der Waals surface area contributed by atoms with Gasteiger partial charge in [-0.2, -0.15) is 0 Å². The van der Waals surface area contributed by atoms with Gasteiger partial charge in [0.05, 0.1) is 5.56 Å². The first-order valence-electron chi connectivity index (χ1n) is 3.32. The van der Waals surface area contributed by atoms with Crippen LogP contribution in [-0.2, 0) is 0 Å². The Bertz CT molecular complexity index is 314. The fraction of sp³-hybridized carbons (Fsp3) is 0.125. The molecular weight excluding hydrogens is 241 g/mol. The molecule has 64 valence electrons. The van der Waals surface area contributed by atoms with E-state index in [0.29, 0.717) is 10.6 Å². The summed E-state index contributed by atoms with van der Waals surface area (Å²) in [6, 6.07) is 5.08. The molecule has 1 rings (SSSR count). The van der Waals surface area contributed by atoms with E-state index in [1.165, 1.54) is 0 Å². The molecule has 0 saturated carbocycles. The molecule has 0 fully saturated rings. The van der Waals surface area contributed by atoms with E-state index in [2.05, 4.69) is 21.2 Å². The van der Waals surface area contributed by atoms with Gasteiger partial charge in [0.25, 0.3) is 5.91 Å². The van der Waals surface area contributed by atoms with Gasteiger partial charge in [-0.25, -0.2) is 0 Å². The monoisotopic (exact) mass is 247 g/mol. The minimum Gasteiger partial charge on any atom is -0.355 e. The van der Waals surface area contributed by atoms with Crippen LogP contribution in [0.25, 0.3) is 0 Å². The highest BCUT2D eigenvalue weighted by atomic mass is 79.9. The average Bonchev–Trinajstić information content (AvgIpc) is 2.08. The Morgan fingerprint density at radius 1 is 1.58 bits per heavy atom. The lowest BCUT2D eigenvalue weighted by molar-refractivity contribution is 0.0962. The van der Waals surface area contributed by atoms with Crippen LogP contribution in [0.15, 0.2) is 22.7 Å². The third kappa shape index (κ3) is 1.99. The summed E-state index contributed by atoms with van der Waals surface area (Å²) in [6.07, 6.45) is 0. The van der Waals surface area contributed by atoms with Gasteiger partial charge >= 0.3 is 0 Å². The van der Waals surface area contributed by atoms with Crippen molar-refractivity contribution in [3.05, 3.63) is 33.3 Å². The molecule has 1 aromatic rings. The minimum atomic E-state index is -0.149. The predicted octanol–water partition coefficient (Wildman–Crippen LogP) is 2.46. The van der Waals surface area contributed by atoms with E-state index in [9.17, 15) is 4.79 Å². The Balaban J connectivity index is 3.13. The van der Waals surface area contributed by atoms with Crippen LogP contribution in [0.1, 0.15) is 10.4 Å². The number of rotatable bonds is 1. The van der Waals surface area contributed by atoms with Gasteiger partial charge in [0, 0.05) is 16.5 Å². The first kappa shape index (κ1) is 9.55. The molecule has 0 atom stereocenters. The number of nitrogens with one attached hydrogen (secondary N) is 1. The molecule has 0 bridgehead atoms. The van der Waals surface area contributed by atoms with E-state index in [0.717, 1.165) is 4.47 Å². The Morgan fingerprint density at radius 3 is 2.83 bits per heavy atom. The first-order valence-corrected chi connectivity index (χ1v) is 4.49. The average molecular weight is 249 g/mol. The number of halogens is 2. The molecular formula is C8H7BrClNO. The zero-order valence-corrected chi connectivity index (χ0v) is 8.74. The topological polar surface area (TPSA) is 29.1 Å². The zero-order valence-electron chi connectivity index (χ0n) is 6.40. The van der Waals surface area contributed by atoms with Gasteiger partial charge in [-0.3, -0.25) is 4.79 Å². The molecule has 12 heavy (non-hydrogen) atoms. The van der Waals surface area contributed by atoms with Crippen molar-refractivity contribution in [3.8, 4) is 0 Å². The molecule has 2 nitrogen and oxygen atoms in total. The van der Waals surface area contributed by atoms with Gasteiger partial charge in [-0.1, -0.05) is 11.6 Å². The van der Waals surface area contributed by atoms with Crippen LogP contribution in [0.3, 0.4) is 0 Å². The van der Waals surface area contributed by atoms with Gasteiger partial charge in [-0.05, 0) is 34.1 Å². The van der Waals surface area contributed by atoms with Crippen LogP contribution in [0.2, 0.25) is 5.02 Å². The number of carbonyl (C=O) groups excluding carboxylic acids is 1. The maximum absolute atomic E-state index is 11.2. The van der Waals surface area contributed by atoms with Crippen LogP contribution in [0, 0.1) is 0 Å². The van der Waals surface area contributed by atoms with Crippen molar-refractivity contribution < 1.29 is 4.79 Å². The van der Waals surface area contributed by atoms with Crippen molar-refractivity contribution >= 4 is 33.4 Å². The highest BCUT2D eigenvalue weighted by Gasteiger charge is 2.07. The van der Waals surface area contributed by atoms with E-state index in [4.69, 9.17) is 11.6 Å². The Morgan fingerprint density at radius 2 is 2.25 bits per heavy atom. The molecule has 1 aromatic carbocycles. The molecule has 0 unspecified atom stereocenters. The molecule has 0 aromatic heterocycles. The van der Waals surface area contributed by atoms with Crippen LogP contribution in [0.5, 0.6) is 0 Å². The Hall–Kier alpha value is -0.540. The minimum absolute atomic E-state index is 0.149. The van der Waals surface area contributed by atoms with E-state index < -0.39 is 0 Å². The van der Waals surface area contributed by atoms with Crippen LogP contribution in [0.4, 0.5) is 0 Å². The first-order chi connectivity index (χ1) is 5.65. The molecule has 0 aliphatic heterocycles. The van der Waals surface area contributed by atoms with Crippen LogP contribution < -0.4 is 5.32 Å². The quantitative estimate of drug-likeness (QED) is 0.813. The maximum Gasteiger partial charge on any atom is 0.252 e. The summed E-state index contributed by atoms with van der Waals surface area (Å²) in [4.78, 5) is 11.2. The molecule has 0 aliphatic carbocycles. The lowest BCUT2D eigenvalue weighted by atomic mass is 10.2. The van der Waals surface area contributed by atoms with Gasteiger partial charge < -0.3 is 5.32 Å². The van der Waals surface area contributed by atoms with E-state index in [1.54, 1.807) is 25.2 Å². The summed E-state index contributed by atoms with van der Waals surface area (Å²) in [7, 11) is 1.58. The van der Waals surface area contributed by atoms with Crippen molar-refractivity contribution in [2.24, 2.45) is 0 Å². The third-order valence-electron chi connectivity index (χ3n) is 1.40. The largest absolute Gasteiger partial charge is 0.355 e. The standard InChI is InChI=1S/C8H7BrClNO/c1-11-8(12)6-4-5(10)2-3-7(6)9/h2-4H,1H3,(H,11,12). The van der Waals surface area contributed by atoms with Crippen molar-refractivity contribution in [1.82, 2.24) is 5.32 Å². The molecule has 0 heterocycles.